The molecule has 0 aliphatic carbocycles. The number of benzene rings is 2. The molecule has 4 rings (SSSR count). The number of fused-ring (bicyclic) bond motifs is 2. The van der Waals surface area contributed by atoms with E-state index >= 15 is 0 Å². The lowest BCUT2D eigenvalue weighted by Crippen LogP contribution is -2.34. The minimum absolute atomic E-state index is 0.0498. The number of likely N-dealkylation sites (N-methyl/N-ethyl adjacent to an activating group) is 1. The van der Waals surface area contributed by atoms with Gasteiger partial charge in [-0.25, -0.2) is 0 Å². The first-order valence-electron chi connectivity index (χ1n) is 9.33. The number of hydrogen-bond donors (Lipinski definition) is 1. The quantitative estimate of drug-likeness (QED) is 0.710. The van der Waals surface area contributed by atoms with Gasteiger partial charge in [0.1, 0.15) is 5.75 Å². The number of hydrogen-bond acceptors (Lipinski definition) is 5. The van der Waals surface area contributed by atoms with Gasteiger partial charge in [-0.1, -0.05) is 24.3 Å². The summed E-state index contributed by atoms with van der Waals surface area (Å²) in [7, 11) is 5.60. The van der Waals surface area contributed by atoms with Gasteiger partial charge < -0.3 is 24.1 Å². The van der Waals surface area contributed by atoms with Crippen molar-refractivity contribution in [2.75, 3.05) is 34.4 Å². The van der Waals surface area contributed by atoms with Gasteiger partial charge in [0.15, 0.2) is 17.1 Å². The Hall–Kier alpha value is -2.99. The third kappa shape index (κ3) is 3.43. The summed E-state index contributed by atoms with van der Waals surface area (Å²) in [6.45, 7) is 1.21. The van der Waals surface area contributed by atoms with Crippen LogP contribution in [0.4, 0.5) is 0 Å². The minimum Gasteiger partial charge on any atom is -0.493 e. The molecule has 0 saturated carbocycles. The van der Waals surface area contributed by atoms with E-state index in [4.69, 9.17) is 13.9 Å². The number of carbonyl (C=O) groups excluding carboxylic acids is 1. The van der Waals surface area contributed by atoms with Gasteiger partial charge in [-0.3, -0.25) is 4.79 Å². The molecule has 0 saturated heterocycles. The second-order valence-corrected chi connectivity index (χ2v) is 7.14. The van der Waals surface area contributed by atoms with Crippen LogP contribution in [0.5, 0.6) is 11.5 Å². The summed E-state index contributed by atoms with van der Waals surface area (Å²) in [5, 5.41) is 3.84. The molecule has 6 heteroatoms. The Balaban J connectivity index is 1.51. The lowest BCUT2D eigenvalue weighted by Gasteiger charge is -2.25. The zero-order valence-electron chi connectivity index (χ0n) is 16.3. The maximum Gasteiger partial charge on any atom is 0.287 e. The number of methoxy groups -OCH3 is 1. The molecule has 0 fully saturated rings. The summed E-state index contributed by atoms with van der Waals surface area (Å²) in [5.74, 6) is 1.61. The summed E-state index contributed by atoms with van der Waals surface area (Å²) in [4.78, 5) is 14.8. The number of rotatable bonds is 6. The summed E-state index contributed by atoms with van der Waals surface area (Å²) in [6, 6.07) is 13.6. The van der Waals surface area contributed by atoms with Gasteiger partial charge in [-0.2, -0.15) is 0 Å². The van der Waals surface area contributed by atoms with Crippen molar-refractivity contribution in [3.63, 3.8) is 0 Å². The second-order valence-electron chi connectivity index (χ2n) is 7.14. The topological polar surface area (TPSA) is 63.9 Å². The van der Waals surface area contributed by atoms with Crippen molar-refractivity contribution in [1.82, 2.24) is 10.2 Å². The molecule has 1 aliphatic heterocycles. The molecule has 1 aliphatic rings. The van der Waals surface area contributed by atoms with Gasteiger partial charge in [0.05, 0.1) is 19.8 Å². The molecule has 1 unspecified atom stereocenters. The first-order chi connectivity index (χ1) is 13.6. The largest absolute Gasteiger partial charge is 0.493 e. The Bertz CT molecular complexity index is 1010. The van der Waals surface area contributed by atoms with Gasteiger partial charge in [0.2, 0.25) is 0 Å². The van der Waals surface area contributed by atoms with Crippen molar-refractivity contribution in [1.29, 1.82) is 0 Å². The first-order valence-corrected chi connectivity index (χ1v) is 9.33. The average molecular weight is 380 g/mol. The van der Waals surface area contributed by atoms with Crippen LogP contribution >= 0.6 is 0 Å². The van der Waals surface area contributed by atoms with Gasteiger partial charge in [-0.05, 0) is 43.4 Å². The van der Waals surface area contributed by atoms with E-state index in [9.17, 15) is 4.79 Å². The number of ether oxygens (including phenoxy) is 2. The molecule has 0 spiro atoms. The Kier molecular flexibility index (Phi) is 4.96. The Morgan fingerprint density at radius 2 is 2.11 bits per heavy atom. The fourth-order valence-electron chi connectivity index (χ4n) is 3.60. The number of amides is 1. The van der Waals surface area contributed by atoms with E-state index in [2.05, 4.69) is 22.3 Å². The molecule has 1 amide bonds. The summed E-state index contributed by atoms with van der Waals surface area (Å²) >= 11 is 0. The molecule has 1 aromatic heterocycles. The molecule has 2 heterocycles. The highest BCUT2D eigenvalue weighted by Gasteiger charge is 2.21. The first kappa shape index (κ1) is 18.4. The van der Waals surface area contributed by atoms with Crippen LogP contribution in [-0.4, -0.2) is 45.2 Å². The highest BCUT2D eigenvalue weighted by atomic mass is 16.5. The molecule has 0 bridgehead atoms. The molecule has 3 aromatic rings. The van der Waals surface area contributed by atoms with Crippen LogP contribution < -0.4 is 14.8 Å². The normalized spacial score (nSPS) is 14.0. The van der Waals surface area contributed by atoms with Crippen molar-refractivity contribution >= 4 is 16.9 Å². The smallest absolute Gasteiger partial charge is 0.287 e. The van der Waals surface area contributed by atoms with E-state index in [0.717, 1.165) is 29.7 Å². The predicted molar refractivity (Wildman–Crippen MR) is 107 cm³/mol. The van der Waals surface area contributed by atoms with E-state index in [0.29, 0.717) is 17.9 Å². The van der Waals surface area contributed by atoms with Crippen LogP contribution in [-0.2, 0) is 6.42 Å². The number of carbonyl (C=O) groups is 1. The van der Waals surface area contributed by atoms with Gasteiger partial charge in [0, 0.05) is 18.4 Å². The van der Waals surface area contributed by atoms with Gasteiger partial charge >= 0.3 is 0 Å². The molecule has 1 atom stereocenters. The second kappa shape index (κ2) is 7.56. The van der Waals surface area contributed by atoms with Crippen molar-refractivity contribution in [3.05, 3.63) is 59.4 Å². The maximum absolute atomic E-state index is 12.7. The van der Waals surface area contributed by atoms with Gasteiger partial charge in [-0.15, -0.1) is 0 Å². The lowest BCUT2D eigenvalue weighted by atomic mass is 10.0. The van der Waals surface area contributed by atoms with Crippen LogP contribution in [0.2, 0.25) is 0 Å². The van der Waals surface area contributed by atoms with Crippen LogP contribution in [0.25, 0.3) is 11.0 Å². The molecule has 28 heavy (non-hydrogen) atoms. The highest BCUT2D eigenvalue weighted by Crippen LogP contribution is 2.30. The molecular formula is C22H24N2O4. The third-order valence-corrected chi connectivity index (χ3v) is 5.13. The summed E-state index contributed by atoms with van der Waals surface area (Å²) in [5.41, 5.74) is 2.96. The number of furan rings is 1. The fourth-order valence-corrected chi connectivity index (χ4v) is 3.60. The minimum atomic E-state index is -0.241. The van der Waals surface area contributed by atoms with Gasteiger partial charge in [0.25, 0.3) is 5.91 Å². The summed E-state index contributed by atoms with van der Waals surface area (Å²) < 4.78 is 16.6. The van der Waals surface area contributed by atoms with E-state index in [1.807, 2.05) is 38.4 Å². The third-order valence-electron chi connectivity index (χ3n) is 5.13. The molecular weight excluding hydrogens is 356 g/mol. The van der Waals surface area contributed by atoms with E-state index < -0.39 is 0 Å². The maximum atomic E-state index is 12.7. The van der Waals surface area contributed by atoms with Crippen LogP contribution in [0.1, 0.15) is 27.7 Å². The Morgan fingerprint density at radius 1 is 1.25 bits per heavy atom. The standard InChI is InChI=1S/C22H24N2O4/c1-24(2)17(14-7-8-18-15(11-14)9-10-27-18)13-23-22(25)20-12-16-5-4-6-19(26-3)21(16)28-20/h4-8,11-12,17H,9-10,13H2,1-3H3,(H,23,25). The van der Waals surface area contributed by atoms with Crippen molar-refractivity contribution in [2.45, 2.75) is 12.5 Å². The number of nitrogens with one attached hydrogen (secondary N) is 1. The molecule has 146 valence electrons. The SMILES string of the molecule is COc1cccc2cc(C(=O)NCC(c3ccc4c(c3)CCO4)N(C)C)oc12. The van der Waals surface area contributed by atoms with Crippen LogP contribution in [0.15, 0.2) is 46.9 Å². The highest BCUT2D eigenvalue weighted by molar-refractivity contribution is 5.97. The molecule has 2 aromatic carbocycles. The van der Waals surface area contributed by atoms with E-state index in [1.165, 1.54) is 5.56 Å². The molecule has 6 nitrogen and oxygen atoms in total. The zero-order chi connectivity index (χ0) is 19.7. The van der Waals surface area contributed by atoms with Crippen LogP contribution in [0, 0.1) is 0 Å². The Morgan fingerprint density at radius 3 is 2.89 bits per heavy atom. The van der Waals surface area contributed by atoms with Crippen molar-refractivity contribution in [2.24, 2.45) is 0 Å². The lowest BCUT2D eigenvalue weighted by molar-refractivity contribution is 0.0916. The number of para-hydroxylation sites is 1. The summed E-state index contributed by atoms with van der Waals surface area (Å²) in [6.07, 6.45) is 0.927. The number of nitrogens with zero attached hydrogens (tertiary/aromatic N) is 1. The van der Waals surface area contributed by atoms with Crippen molar-refractivity contribution in [3.8, 4) is 11.5 Å². The van der Waals surface area contributed by atoms with E-state index in [1.54, 1.807) is 13.2 Å². The fraction of sp³-hybridized carbons (Fsp3) is 0.318. The molecule has 0 radical (unpaired) electrons. The van der Waals surface area contributed by atoms with E-state index in [-0.39, 0.29) is 17.7 Å². The zero-order valence-corrected chi connectivity index (χ0v) is 16.3. The molecule has 1 N–H and O–H groups in total. The van der Waals surface area contributed by atoms with Crippen LogP contribution in [0.3, 0.4) is 0 Å². The monoisotopic (exact) mass is 380 g/mol. The average Bonchev–Trinajstić information content (AvgIpc) is 3.33. The predicted octanol–water partition coefficient (Wildman–Crippen LogP) is 3.41. The Labute approximate surface area is 164 Å². The van der Waals surface area contributed by atoms with Crippen molar-refractivity contribution < 1.29 is 18.7 Å².